The van der Waals surface area contributed by atoms with Crippen LogP contribution in [-0.2, 0) is 16.9 Å². The molecular weight excluding hydrogens is 330 g/mol. The van der Waals surface area contributed by atoms with Crippen LogP contribution in [0.5, 0.6) is 0 Å². The maximum absolute atomic E-state index is 12.5. The molecule has 1 aromatic heterocycles. The summed E-state index contributed by atoms with van der Waals surface area (Å²) in [5.41, 5.74) is 1.47. The maximum atomic E-state index is 12.5. The highest BCUT2D eigenvalue weighted by Crippen LogP contribution is 2.24. The van der Waals surface area contributed by atoms with E-state index in [-0.39, 0.29) is 24.2 Å². The third kappa shape index (κ3) is 2.75. The minimum atomic E-state index is -3.57. The summed E-state index contributed by atoms with van der Waals surface area (Å²) >= 11 is 0. The zero-order valence-electron chi connectivity index (χ0n) is 13.7. The zero-order chi connectivity index (χ0) is 17.5. The van der Waals surface area contributed by atoms with Crippen molar-refractivity contribution >= 4 is 21.4 Å². The molecule has 0 spiro atoms. The van der Waals surface area contributed by atoms with Crippen molar-refractivity contribution in [2.75, 3.05) is 32.1 Å². The predicted molar refractivity (Wildman–Crippen MR) is 88.6 cm³/mol. The normalized spacial score (nSPS) is 15.2. The Morgan fingerprint density at radius 3 is 2.58 bits per heavy atom. The van der Waals surface area contributed by atoms with Crippen LogP contribution in [-0.4, -0.2) is 66.4 Å². The number of benzene rings is 1. The van der Waals surface area contributed by atoms with Crippen LogP contribution in [0.3, 0.4) is 0 Å². The lowest BCUT2D eigenvalue weighted by molar-refractivity contribution is 0.0658. The second kappa shape index (κ2) is 5.90. The van der Waals surface area contributed by atoms with Crippen molar-refractivity contribution in [1.29, 1.82) is 0 Å². The van der Waals surface area contributed by atoms with Crippen LogP contribution in [0.15, 0.2) is 35.7 Å². The number of carbonyl (C=O) groups excluding carboxylic acids is 1. The summed E-state index contributed by atoms with van der Waals surface area (Å²) in [5.74, 6) is -0.164. The van der Waals surface area contributed by atoms with Crippen molar-refractivity contribution in [2.24, 2.45) is 7.05 Å². The molecule has 2 aromatic rings. The maximum Gasteiger partial charge on any atom is 0.254 e. The Kier molecular flexibility index (Phi) is 4.04. The molecule has 1 aliphatic rings. The van der Waals surface area contributed by atoms with Crippen LogP contribution in [0, 0.1) is 0 Å². The molecule has 3 rings (SSSR count). The van der Waals surface area contributed by atoms with Gasteiger partial charge in [0.05, 0.1) is 0 Å². The highest BCUT2D eigenvalue weighted by molar-refractivity contribution is 7.92. The minimum Gasteiger partial charge on any atom is -0.378 e. The number of aromatic nitrogens is 3. The zero-order valence-corrected chi connectivity index (χ0v) is 14.6. The van der Waals surface area contributed by atoms with Gasteiger partial charge in [-0.3, -0.25) is 4.79 Å². The molecule has 0 bridgehead atoms. The van der Waals surface area contributed by atoms with Crippen LogP contribution in [0.25, 0.3) is 0 Å². The second-order valence-corrected chi connectivity index (χ2v) is 8.17. The molecule has 24 heavy (non-hydrogen) atoms. The van der Waals surface area contributed by atoms with E-state index in [4.69, 9.17) is 0 Å². The summed E-state index contributed by atoms with van der Waals surface area (Å²) < 4.78 is 26.3. The number of carbonyl (C=O) groups is 1. The largest absolute Gasteiger partial charge is 0.378 e. The molecule has 0 atom stereocenters. The Labute approximate surface area is 140 Å². The lowest BCUT2D eigenvalue weighted by atomic mass is 10.1. The van der Waals surface area contributed by atoms with Crippen molar-refractivity contribution < 1.29 is 13.2 Å². The number of hydrogen-bond donors (Lipinski definition) is 0. The third-order valence-electron chi connectivity index (χ3n) is 4.11. The number of hydrogen-bond acceptors (Lipinski definition) is 6. The Balaban J connectivity index is 1.72. The molecule has 0 radical (unpaired) electrons. The first-order valence-corrected chi connectivity index (χ1v) is 9.00. The van der Waals surface area contributed by atoms with Gasteiger partial charge in [-0.05, 0) is 18.2 Å². The molecular formula is C15H19N5O3S. The molecule has 128 valence electrons. The SMILES string of the molecule is CN(C)c1cccc(C(=O)N2CC(S(=O)(=O)c3nncn3C)C2)c1. The van der Waals surface area contributed by atoms with Crippen LogP contribution in [0.1, 0.15) is 10.4 Å². The number of amides is 1. The topological polar surface area (TPSA) is 88.4 Å². The molecule has 1 saturated heterocycles. The van der Waals surface area contributed by atoms with Gasteiger partial charge in [0.1, 0.15) is 11.6 Å². The highest BCUT2D eigenvalue weighted by atomic mass is 32.2. The Bertz CT molecular complexity index is 869. The molecule has 9 heteroatoms. The van der Waals surface area contributed by atoms with Gasteiger partial charge in [0.2, 0.25) is 15.0 Å². The summed E-state index contributed by atoms with van der Waals surface area (Å²) in [5, 5.41) is 6.57. The molecule has 0 unspecified atom stereocenters. The molecule has 2 heterocycles. The van der Waals surface area contributed by atoms with E-state index in [0.717, 1.165) is 5.69 Å². The number of rotatable bonds is 4. The van der Waals surface area contributed by atoms with E-state index in [0.29, 0.717) is 5.56 Å². The monoisotopic (exact) mass is 349 g/mol. The molecule has 1 fully saturated rings. The van der Waals surface area contributed by atoms with Crippen LogP contribution >= 0.6 is 0 Å². The number of aryl methyl sites for hydroxylation is 1. The van der Waals surface area contributed by atoms with E-state index >= 15 is 0 Å². The van der Waals surface area contributed by atoms with E-state index in [1.807, 2.05) is 31.1 Å². The van der Waals surface area contributed by atoms with Crippen LogP contribution in [0.2, 0.25) is 0 Å². The van der Waals surface area contributed by atoms with Gasteiger partial charge in [0, 0.05) is 45.5 Å². The van der Waals surface area contributed by atoms with E-state index in [1.165, 1.54) is 15.8 Å². The first-order valence-electron chi connectivity index (χ1n) is 7.45. The smallest absolute Gasteiger partial charge is 0.254 e. The lowest BCUT2D eigenvalue weighted by Crippen LogP contribution is -2.57. The average Bonchev–Trinajstić information content (AvgIpc) is 2.92. The quantitative estimate of drug-likeness (QED) is 0.782. The van der Waals surface area contributed by atoms with Gasteiger partial charge in [-0.2, -0.15) is 0 Å². The van der Waals surface area contributed by atoms with Gasteiger partial charge in [0.15, 0.2) is 0 Å². The Morgan fingerprint density at radius 1 is 1.29 bits per heavy atom. The summed E-state index contributed by atoms with van der Waals surface area (Å²) in [6.45, 7) is 0.334. The third-order valence-corrected chi connectivity index (χ3v) is 6.16. The van der Waals surface area contributed by atoms with Crippen molar-refractivity contribution in [3.8, 4) is 0 Å². The van der Waals surface area contributed by atoms with E-state index in [2.05, 4.69) is 10.2 Å². The molecule has 0 N–H and O–H groups in total. The van der Waals surface area contributed by atoms with Crippen molar-refractivity contribution in [1.82, 2.24) is 19.7 Å². The van der Waals surface area contributed by atoms with Crippen LogP contribution < -0.4 is 4.90 Å². The Hall–Kier alpha value is -2.42. The fourth-order valence-electron chi connectivity index (χ4n) is 2.58. The summed E-state index contributed by atoms with van der Waals surface area (Å²) in [4.78, 5) is 16.0. The molecule has 8 nitrogen and oxygen atoms in total. The molecule has 1 aliphatic heterocycles. The van der Waals surface area contributed by atoms with Crippen molar-refractivity contribution in [2.45, 2.75) is 10.4 Å². The van der Waals surface area contributed by atoms with E-state index in [9.17, 15) is 13.2 Å². The van der Waals surface area contributed by atoms with Gasteiger partial charge >= 0.3 is 0 Å². The van der Waals surface area contributed by atoms with Gasteiger partial charge < -0.3 is 14.4 Å². The number of sulfone groups is 1. The van der Waals surface area contributed by atoms with Crippen LogP contribution in [0.4, 0.5) is 5.69 Å². The average molecular weight is 349 g/mol. The second-order valence-electron chi connectivity index (χ2n) is 6.05. The summed E-state index contributed by atoms with van der Waals surface area (Å²) in [6.07, 6.45) is 1.35. The molecule has 0 aliphatic carbocycles. The van der Waals surface area contributed by atoms with Crippen molar-refractivity contribution in [3.63, 3.8) is 0 Å². The highest BCUT2D eigenvalue weighted by Gasteiger charge is 2.42. The first kappa shape index (κ1) is 16.4. The van der Waals surface area contributed by atoms with Gasteiger partial charge in [-0.25, -0.2) is 8.42 Å². The van der Waals surface area contributed by atoms with Gasteiger partial charge in [-0.1, -0.05) is 6.07 Å². The van der Waals surface area contributed by atoms with Crippen molar-refractivity contribution in [3.05, 3.63) is 36.2 Å². The first-order chi connectivity index (χ1) is 11.3. The molecule has 0 saturated carbocycles. The molecule has 1 amide bonds. The standard InChI is InChI=1S/C15H19N5O3S/c1-18(2)12-6-4-5-11(7-12)14(21)20-8-13(9-20)24(22,23)15-17-16-10-19(15)3/h4-7,10,13H,8-9H2,1-3H3. The van der Waals surface area contributed by atoms with E-state index in [1.54, 1.807) is 19.2 Å². The minimum absolute atomic E-state index is 0.0609. The predicted octanol–water partition coefficient (Wildman–Crippen LogP) is 0.179. The fourth-order valence-corrected chi connectivity index (χ4v) is 4.24. The number of anilines is 1. The number of nitrogens with zero attached hydrogens (tertiary/aromatic N) is 5. The number of likely N-dealkylation sites (tertiary alicyclic amines) is 1. The van der Waals surface area contributed by atoms with Gasteiger partial charge in [-0.15, -0.1) is 10.2 Å². The fraction of sp³-hybridized carbons (Fsp3) is 0.400. The van der Waals surface area contributed by atoms with Gasteiger partial charge in [0.25, 0.3) is 5.91 Å². The molecule has 1 aromatic carbocycles. The van der Waals surface area contributed by atoms with E-state index < -0.39 is 15.1 Å². The lowest BCUT2D eigenvalue weighted by Gasteiger charge is -2.38. The summed E-state index contributed by atoms with van der Waals surface area (Å²) in [7, 11) is 1.81. The summed E-state index contributed by atoms with van der Waals surface area (Å²) in [6, 6.07) is 7.26. The Morgan fingerprint density at radius 2 is 2.00 bits per heavy atom.